The third-order valence-electron chi connectivity index (χ3n) is 5.31. The number of rotatable bonds is 3. The zero-order chi connectivity index (χ0) is 23.3. The number of hydrazone groups is 1. The second-order valence-electron chi connectivity index (χ2n) is 7.88. The van der Waals surface area contributed by atoms with Crippen LogP contribution in [0.3, 0.4) is 0 Å². The molecule has 2 aromatic carbocycles. The molecule has 0 atom stereocenters. The molecule has 1 amide bonds. The number of hydrogen-bond donors (Lipinski definition) is 1. The molecule has 1 aromatic heterocycles. The molecule has 5 rings (SSSR count). The van der Waals surface area contributed by atoms with E-state index in [0.717, 1.165) is 45.1 Å². The molecule has 3 heterocycles. The van der Waals surface area contributed by atoms with Gasteiger partial charge < -0.3 is 4.57 Å². The number of aromatic nitrogens is 1. The van der Waals surface area contributed by atoms with E-state index >= 15 is 0 Å². The van der Waals surface area contributed by atoms with Gasteiger partial charge in [-0.2, -0.15) is 10.0 Å². The summed E-state index contributed by atoms with van der Waals surface area (Å²) in [6, 6.07) is 16.1. The van der Waals surface area contributed by atoms with E-state index in [1.807, 2.05) is 36.5 Å². The van der Waals surface area contributed by atoms with Crippen LogP contribution in [0.1, 0.15) is 16.7 Å². The zero-order valence-corrected chi connectivity index (χ0v) is 19.4. The highest BCUT2D eigenvalue weighted by atomic mass is 32.3. The largest absolute Gasteiger partial charge is 0.342 e. The van der Waals surface area contributed by atoms with Crippen molar-refractivity contribution < 1.29 is 13.2 Å². The van der Waals surface area contributed by atoms with Gasteiger partial charge in [0.15, 0.2) is 5.84 Å². The summed E-state index contributed by atoms with van der Waals surface area (Å²) < 4.78 is 25.6. The highest BCUT2D eigenvalue weighted by Gasteiger charge is 2.38. The molecule has 33 heavy (non-hydrogen) atoms. The van der Waals surface area contributed by atoms with Gasteiger partial charge in [-0.1, -0.05) is 48.0 Å². The number of carbonyl (C=O) groups is 1. The van der Waals surface area contributed by atoms with E-state index in [-0.39, 0.29) is 21.0 Å². The van der Waals surface area contributed by atoms with Crippen molar-refractivity contribution in [3.05, 3.63) is 77.0 Å². The van der Waals surface area contributed by atoms with Crippen LogP contribution in [0.2, 0.25) is 0 Å². The summed E-state index contributed by atoms with van der Waals surface area (Å²) in [5, 5.41) is 14.6. The van der Waals surface area contributed by atoms with Crippen LogP contribution in [0.25, 0.3) is 17.0 Å². The Hall–Kier alpha value is -3.50. The average Bonchev–Trinajstić information content (AvgIpc) is 3.34. The standard InChI is InChI=1S/C23H19N5O3S2/c1-14-6-5-7-15(10-14)12-27-13-16(17-8-3-4-9-19(17)27)11-18-20(24)28-22(25-21(18)29)32-23(26-28)33(2,30)31/h3-11,13,24H,12H2,1-2H3/b18-11+,24-20?. The lowest BCUT2D eigenvalue weighted by atomic mass is 10.1. The minimum absolute atomic E-state index is 0.0521. The zero-order valence-electron chi connectivity index (χ0n) is 17.8. The number of nitrogens with one attached hydrogen (secondary N) is 1. The smallest absolute Gasteiger partial charge is 0.283 e. The molecule has 10 heteroatoms. The van der Waals surface area contributed by atoms with Gasteiger partial charge in [-0.25, -0.2) is 8.42 Å². The van der Waals surface area contributed by atoms with Crippen molar-refractivity contribution in [2.45, 2.75) is 13.5 Å². The van der Waals surface area contributed by atoms with E-state index in [1.54, 1.807) is 6.08 Å². The summed E-state index contributed by atoms with van der Waals surface area (Å²) >= 11 is 0.771. The fraction of sp³-hybridized carbons (Fsp3) is 0.130. The molecule has 1 N–H and O–H groups in total. The van der Waals surface area contributed by atoms with Crippen LogP contribution in [0.5, 0.6) is 0 Å². The molecule has 0 spiro atoms. The summed E-state index contributed by atoms with van der Waals surface area (Å²) in [5.74, 6) is -0.800. The van der Waals surface area contributed by atoms with E-state index in [9.17, 15) is 13.2 Å². The molecule has 2 aliphatic heterocycles. The molecule has 0 bridgehead atoms. The van der Waals surface area contributed by atoms with Gasteiger partial charge in [0, 0.05) is 35.5 Å². The minimum Gasteiger partial charge on any atom is -0.342 e. The lowest BCUT2D eigenvalue weighted by molar-refractivity contribution is -0.114. The topological polar surface area (TPSA) is 108 Å². The van der Waals surface area contributed by atoms with Gasteiger partial charge in [-0.05, 0) is 36.4 Å². The number of sulfone groups is 1. The van der Waals surface area contributed by atoms with Crippen LogP contribution < -0.4 is 0 Å². The quantitative estimate of drug-likeness (QED) is 0.580. The van der Waals surface area contributed by atoms with Gasteiger partial charge in [-0.15, -0.1) is 5.10 Å². The molecule has 0 unspecified atom stereocenters. The Morgan fingerprint density at radius 2 is 1.94 bits per heavy atom. The van der Waals surface area contributed by atoms with Crippen LogP contribution in [0.4, 0.5) is 0 Å². The van der Waals surface area contributed by atoms with E-state index in [4.69, 9.17) is 5.41 Å². The summed E-state index contributed by atoms with van der Waals surface area (Å²) in [6.07, 6.45) is 4.60. The van der Waals surface area contributed by atoms with Gasteiger partial charge in [0.25, 0.3) is 5.91 Å². The maximum Gasteiger partial charge on any atom is 0.283 e. The Bertz CT molecular complexity index is 1550. The highest BCUT2D eigenvalue weighted by molar-refractivity contribution is 8.42. The van der Waals surface area contributed by atoms with Crippen molar-refractivity contribution >= 4 is 59.9 Å². The van der Waals surface area contributed by atoms with Gasteiger partial charge in [0.2, 0.25) is 19.4 Å². The Morgan fingerprint density at radius 1 is 1.15 bits per heavy atom. The molecule has 0 aliphatic carbocycles. The number of amides is 1. The first-order valence-corrected chi connectivity index (χ1v) is 12.8. The van der Waals surface area contributed by atoms with Gasteiger partial charge in [0.05, 0.1) is 5.57 Å². The molecule has 166 valence electrons. The monoisotopic (exact) mass is 477 g/mol. The maximum absolute atomic E-state index is 12.7. The van der Waals surface area contributed by atoms with Gasteiger partial charge >= 0.3 is 0 Å². The Balaban J connectivity index is 1.57. The van der Waals surface area contributed by atoms with Crippen molar-refractivity contribution in [3.63, 3.8) is 0 Å². The van der Waals surface area contributed by atoms with Gasteiger partial charge in [0.1, 0.15) is 0 Å². The normalized spacial score (nSPS) is 17.5. The molecule has 3 aromatic rings. The number of para-hydroxylation sites is 1. The van der Waals surface area contributed by atoms with Gasteiger partial charge in [-0.3, -0.25) is 10.2 Å². The number of amidine groups is 2. The lowest BCUT2D eigenvalue weighted by Gasteiger charge is -2.19. The first kappa shape index (κ1) is 21.4. The number of thioether (sulfide) groups is 1. The number of aryl methyl sites for hydroxylation is 1. The molecule has 0 saturated carbocycles. The van der Waals surface area contributed by atoms with Crippen molar-refractivity contribution in [3.8, 4) is 0 Å². The van der Waals surface area contributed by atoms with Crippen LogP contribution in [-0.4, -0.2) is 45.5 Å². The first-order valence-electron chi connectivity index (χ1n) is 10.0. The molecular formula is C23H19N5O3S2. The van der Waals surface area contributed by atoms with Crippen LogP contribution in [0, 0.1) is 12.3 Å². The average molecular weight is 478 g/mol. The van der Waals surface area contributed by atoms with E-state index in [1.165, 1.54) is 5.56 Å². The molecule has 2 aliphatic rings. The molecule has 0 radical (unpaired) electrons. The first-order chi connectivity index (χ1) is 15.7. The van der Waals surface area contributed by atoms with E-state index in [2.05, 4.69) is 39.8 Å². The third-order valence-corrected chi connectivity index (χ3v) is 7.89. The van der Waals surface area contributed by atoms with Crippen LogP contribution in [-0.2, 0) is 21.2 Å². The number of aliphatic imine (C=N–C) groups is 1. The SMILES string of the molecule is Cc1cccc(Cn2cc(/C=C3\C(=N)N4N=C(S(C)(=O)=O)SC4=NC3=O)c3ccccc32)c1. The van der Waals surface area contributed by atoms with Crippen LogP contribution in [0.15, 0.2) is 70.4 Å². The Morgan fingerprint density at radius 3 is 2.70 bits per heavy atom. The predicted octanol–water partition coefficient (Wildman–Crippen LogP) is 3.62. The summed E-state index contributed by atoms with van der Waals surface area (Å²) in [5.41, 5.74) is 4.15. The summed E-state index contributed by atoms with van der Waals surface area (Å²) in [4.78, 5) is 16.7. The number of fused-ring (bicyclic) bond motifs is 2. The number of nitrogens with zero attached hydrogens (tertiary/aromatic N) is 4. The Kier molecular flexibility index (Phi) is 5.06. The number of benzene rings is 2. The molecule has 0 fully saturated rings. The van der Waals surface area contributed by atoms with E-state index < -0.39 is 15.7 Å². The fourth-order valence-electron chi connectivity index (χ4n) is 3.81. The minimum atomic E-state index is -3.58. The summed E-state index contributed by atoms with van der Waals surface area (Å²) in [7, 11) is -3.58. The number of carbonyl (C=O) groups excluding carboxylic acids is 1. The fourth-order valence-corrected chi connectivity index (χ4v) is 5.49. The van der Waals surface area contributed by atoms with Crippen LogP contribution >= 0.6 is 11.8 Å². The predicted molar refractivity (Wildman–Crippen MR) is 132 cm³/mol. The third kappa shape index (κ3) is 3.91. The van der Waals surface area contributed by atoms with Crippen molar-refractivity contribution in [2.75, 3.05) is 6.26 Å². The number of hydrogen-bond acceptors (Lipinski definition) is 6. The second-order valence-corrected chi connectivity index (χ2v) is 11.0. The highest BCUT2D eigenvalue weighted by Crippen LogP contribution is 2.31. The molecular weight excluding hydrogens is 458 g/mol. The molecule has 0 saturated heterocycles. The second kappa shape index (κ2) is 7.82. The molecule has 8 nitrogen and oxygen atoms in total. The van der Waals surface area contributed by atoms with E-state index in [0.29, 0.717) is 6.54 Å². The maximum atomic E-state index is 12.7. The van der Waals surface area contributed by atoms with Crippen molar-refractivity contribution in [1.82, 2.24) is 9.58 Å². The Labute approximate surface area is 194 Å². The lowest BCUT2D eigenvalue weighted by Crippen LogP contribution is -2.35. The van der Waals surface area contributed by atoms with Crippen molar-refractivity contribution in [1.29, 1.82) is 5.41 Å². The summed E-state index contributed by atoms with van der Waals surface area (Å²) in [6.45, 7) is 2.71. The van der Waals surface area contributed by atoms with Crippen molar-refractivity contribution in [2.24, 2.45) is 10.1 Å².